The van der Waals surface area contributed by atoms with Crippen LogP contribution in [0.15, 0.2) is 219 Å². The van der Waals surface area contributed by atoms with E-state index in [1.165, 1.54) is 66.1 Å². The second-order valence-electron chi connectivity index (χ2n) is 21.5. The third-order valence-electron chi connectivity index (χ3n) is 16.5. The van der Waals surface area contributed by atoms with Gasteiger partial charge in [-0.15, -0.1) is 0 Å². The summed E-state index contributed by atoms with van der Waals surface area (Å²) in [7, 11) is 0. The van der Waals surface area contributed by atoms with Crippen molar-refractivity contribution < 1.29 is 0 Å². The van der Waals surface area contributed by atoms with Crippen molar-refractivity contribution in [3.05, 3.63) is 253 Å². The highest BCUT2D eigenvalue weighted by atomic mass is 15.0. The molecule has 0 fully saturated rings. The van der Waals surface area contributed by atoms with Gasteiger partial charge in [-0.25, -0.2) is 15.0 Å². The second-order valence-corrected chi connectivity index (χ2v) is 21.5. The van der Waals surface area contributed by atoms with Crippen molar-refractivity contribution >= 4 is 49.2 Å². The van der Waals surface area contributed by atoms with Gasteiger partial charge in [0.15, 0.2) is 17.5 Å². The zero-order chi connectivity index (χ0) is 52.3. The van der Waals surface area contributed by atoms with Gasteiger partial charge in [-0.05, 0) is 118 Å². The van der Waals surface area contributed by atoms with E-state index < -0.39 is 0 Å². The Hall–Kier alpha value is -9.70. The topological polar surface area (TPSA) is 72.3 Å². The molecule has 2 aliphatic rings. The number of aromatic nitrogens is 5. The van der Waals surface area contributed by atoms with Gasteiger partial charge in [-0.1, -0.05) is 186 Å². The number of rotatable bonds is 8. The van der Waals surface area contributed by atoms with Crippen molar-refractivity contribution in [1.82, 2.24) is 24.1 Å². The molecule has 0 aliphatic heterocycles. The van der Waals surface area contributed by atoms with E-state index >= 15 is 0 Å². The number of nitrogens with zero attached hydrogens (tertiary/aromatic N) is 6. The maximum Gasteiger partial charge on any atom is 0.164 e. The highest BCUT2D eigenvalue weighted by Gasteiger charge is 2.40. The summed E-state index contributed by atoms with van der Waals surface area (Å²) in [5, 5.41) is 15.7. The first kappa shape index (κ1) is 45.9. The van der Waals surface area contributed by atoms with Crippen molar-refractivity contribution in [3.63, 3.8) is 0 Å². The molecular formula is C71H52N6. The average molecular weight is 989 g/mol. The Kier molecular flexibility index (Phi) is 10.2. The van der Waals surface area contributed by atoms with E-state index in [1.807, 2.05) is 61.5 Å². The molecule has 3 aromatic heterocycles. The molecule has 0 unspecified atom stereocenters. The van der Waals surface area contributed by atoms with E-state index in [2.05, 4.69) is 201 Å². The van der Waals surface area contributed by atoms with Crippen molar-refractivity contribution in [2.75, 3.05) is 0 Å². The Bertz CT molecular complexity index is 4610. The number of nitriles is 1. The molecule has 366 valence electrons. The van der Waals surface area contributed by atoms with Crippen LogP contribution >= 0.6 is 0 Å². The third kappa shape index (κ3) is 6.76. The highest BCUT2D eigenvalue weighted by molar-refractivity contribution is 6.16. The molecule has 12 aromatic rings. The van der Waals surface area contributed by atoms with Crippen LogP contribution in [0.5, 0.6) is 0 Å². The molecule has 0 amide bonds. The molecule has 14 rings (SSSR count). The first-order valence-electron chi connectivity index (χ1n) is 26.4. The minimum Gasteiger partial charge on any atom is -0.309 e. The summed E-state index contributed by atoms with van der Waals surface area (Å²) < 4.78 is 4.87. The van der Waals surface area contributed by atoms with Gasteiger partial charge in [0.2, 0.25) is 0 Å². The average Bonchev–Trinajstić information content (AvgIpc) is 4.19. The maximum atomic E-state index is 10.9. The lowest BCUT2D eigenvalue weighted by atomic mass is 9.80. The molecule has 0 spiro atoms. The molecule has 0 radical (unpaired) electrons. The maximum absolute atomic E-state index is 10.9. The van der Waals surface area contributed by atoms with Crippen LogP contribution < -0.4 is 0 Å². The van der Waals surface area contributed by atoms with Crippen molar-refractivity contribution in [2.45, 2.75) is 45.4 Å². The van der Waals surface area contributed by atoms with E-state index in [4.69, 9.17) is 15.0 Å². The fourth-order valence-electron chi connectivity index (χ4n) is 13.0. The van der Waals surface area contributed by atoms with Gasteiger partial charge in [-0.2, -0.15) is 5.26 Å². The standard InChI is InChI=1S/C71H52N6/c1-7-8-10-21-43(2)67-73-68(45-22-11-9-12-23-45)75-69(74-67)46-33-37-60(77-58-31-20-16-27-52(58)64-62(77)39-35-50-48-25-14-18-29-56(48)71(5,6)66(50)64)54(41-46)53-40-44(42-72)32-36-59(53)76-57-30-19-15-26-51(57)63-61(76)38-34-49-47-24-13-17-28-55(47)70(3,4)65(49)63/h7-41H,1H2,2-6H3/b10-8-,43-21+. The first-order valence-corrected chi connectivity index (χ1v) is 26.4. The number of fused-ring (bicyclic) bond motifs is 14. The van der Waals surface area contributed by atoms with Crippen LogP contribution in [0.2, 0.25) is 0 Å². The van der Waals surface area contributed by atoms with E-state index in [0.29, 0.717) is 23.0 Å². The minimum atomic E-state index is -0.255. The predicted molar refractivity (Wildman–Crippen MR) is 318 cm³/mol. The second kappa shape index (κ2) is 17.2. The number of hydrogen-bond acceptors (Lipinski definition) is 4. The SMILES string of the molecule is C=C/C=C\C=C(/C)c1nc(-c2ccccc2)nc(-c2ccc(-n3c4ccccc4c4c5c(ccc43)-c3ccccc3C5(C)C)c(-c3cc(C#N)ccc3-n3c4ccccc4c4c5c(ccc43)-c3ccccc3C5(C)C)c2)n1. The summed E-state index contributed by atoms with van der Waals surface area (Å²) in [5.41, 5.74) is 21.2. The zero-order valence-corrected chi connectivity index (χ0v) is 43.6. The number of hydrogen-bond donors (Lipinski definition) is 0. The number of para-hydroxylation sites is 2. The summed E-state index contributed by atoms with van der Waals surface area (Å²) in [4.78, 5) is 15.6. The Balaban J connectivity index is 1.09. The predicted octanol–water partition coefficient (Wildman–Crippen LogP) is 17.7. The third-order valence-corrected chi connectivity index (χ3v) is 16.5. The van der Waals surface area contributed by atoms with Gasteiger partial charge < -0.3 is 9.13 Å². The molecule has 0 atom stereocenters. The lowest BCUT2D eigenvalue weighted by Crippen LogP contribution is -2.15. The summed E-state index contributed by atoms with van der Waals surface area (Å²) in [6.45, 7) is 15.3. The first-order chi connectivity index (χ1) is 37.6. The molecule has 6 heteroatoms. The molecule has 0 bridgehead atoms. The van der Waals surface area contributed by atoms with Gasteiger partial charge >= 0.3 is 0 Å². The summed E-state index contributed by atoms with van der Waals surface area (Å²) in [6.07, 6.45) is 7.61. The molecule has 9 aromatic carbocycles. The monoisotopic (exact) mass is 988 g/mol. The van der Waals surface area contributed by atoms with E-state index in [1.54, 1.807) is 6.08 Å². The van der Waals surface area contributed by atoms with E-state index in [9.17, 15) is 5.26 Å². The molecule has 3 heterocycles. The minimum absolute atomic E-state index is 0.250. The molecule has 2 aliphatic carbocycles. The summed E-state index contributed by atoms with van der Waals surface area (Å²) in [5.74, 6) is 1.68. The van der Waals surface area contributed by atoms with Gasteiger partial charge in [0.1, 0.15) is 0 Å². The fraction of sp³-hybridized carbons (Fsp3) is 0.0986. The molecular weight excluding hydrogens is 937 g/mol. The van der Waals surface area contributed by atoms with Gasteiger partial charge in [0.05, 0.1) is 45.1 Å². The van der Waals surface area contributed by atoms with Gasteiger partial charge in [0.25, 0.3) is 0 Å². The molecule has 0 saturated heterocycles. The largest absolute Gasteiger partial charge is 0.309 e. The highest BCUT2D eigenvalue weighted by Crippen LogP contribution is 2.56. The summed E-state index contributed by atoms with van der Waals surface area (Å²) >= 11 is 0. The van der Waals surface area contributed by atoms with Crippen LogP contribution in [0, 0.1) is 11.3 Å². The van der Waals surface area contributed by atoms with Crippen LogP contribution in [-0.2, 0) is 10.8 Å². The molecule has 0 N–H and O–H groups in total. The lowest BCUT2D eigenvalue weighted by Gasteiger charge is -2.23. The number of benzene rings is 9. The Morgan fingerprint density at radius 1 is 0.481 bits per heavy atom. The van der Waals surface area contributed by atoms with Crippen molar-refractivity contribution in [3.8, 4) is 73.6 Å². The van der Waals surface area contributed by atoms with Crippen LogP contribution in [0.4, 0.5) is 0 Å². The number of allylic oxidation sites excluding steroid dienone is 5. The Morgan fingerprint density at radius 3 is 1.56 bits per heavy atom. The van der Waals surface area contributed by atoms with Gasteiger partial charge in [0, 0.05) is 54.6 Å². The fourth-order valence-corrected chi connectivity index (χ4v) is 13.0. The van der Waals surface area contributed by atoms with Crippen LogP contribution in [0.1, 0.15) is 68.3 Å². The van der Waals surface area contributed by atoms with Crippen molar-refractivity contribution in [2.24, 2.45) is 0 Å². The zero-order valence-electron chi connectivity index (χ0n) is 43.6. The van der Waals surface area contributed by atoms with E-state index in [0.717, 1.165) is 61.3 Å². The van der Waals surface area contributed by atoms with Crippen LogP contribution in [0.3, 0.4) is 0 Å². The lowest BCUT2D eigenvalue weighted by molar-refractivity contribution is 0.666. The summed E-state index contributed by atoms with van der Waals surface area (Å²) in [6, 6.07) is 70.0. The normalized spacial score (nSPS) is 14.1. The van der Waals surface area contributed by atoms with Gasteiger partial charge in [-0.3, -0.25) is 0 Å². The Labute approximate surface area is 447 Å². The molecule has 6 nitrogen and oxygen atoms in total. The Morgan fingerprint density at radius 2 is 0.987 bits per heavy atom. The smallest absolute Gasteiger partial charge is 0.164 e. The van der Waals surface area contributed by atoms with Crippen LogP contribution in [0.25, 0.3) is 117 Å². The van der Waals surface area contributed by atoms with E-state index in [-0.39, 0.29) is 10.8 Å². The quantitative estimate of drug-likeness (QED) is 0.142. The molecule has 77 heavy (non-hydrogen) atoms. The molecule has 0 saturated carbocycles. The van der Waals surface area contributed by atoms with Crippen molar-refractivity contribution in [1.29, 1.82) is 5.26 Å². The van der Waals surface area contributed by atoms with Crippen LogP contribution in [-0.4, -0.2) is 24.1 Å².